The fourth-order valence-electron chi connectivity index (χ4n) is 1.82. The number of hydrogen-bond donors (Lipinski definition) is 1. The van der Waals surface area contributed by atoms with Crippen LogP contribution in [0.2, 0.25) is 0 Å². The van der Waals surface area contributed by atoms with Crippen molar-refractivity contribution in [3.8, 4) is 5.75 Å². The van der Waals surface area contributed by atoms with Crippen molar-refractivity contribution in [2.45, 2.75) is 4.90 Å². The van der Waals surface area contributed by atoms with Gasteiger partial charge in [-0.05, 0) is 42.7 Å². The SMILES string of the molecule is COc1cccc2c(N)ncnc12.CSc1ccc(Br)cc1. The van der Waals surface area contributed by atoms with Crippen molar-refractivity contribution < 1.29 is 4.74 Å². The Kier molecular flexibility index (Phi) is 6.03. The molecule has 3 aromatic rings. The van der Waals surface area contributed by atoms with Crippen molar-refractivity contribution in [2.75, 3.05) is 19.1 Å². The largest absolute Gasteiger partial charge is 0.494 e. The highest BCUT2D eigenvalue weighted by molar-refractivity contribution is 9.10. The number of para-hydroxylation sites is 1. The summed E-state index contributed by atoms with van der Waals surface area (Å²) in [6.07, 6.45) is 3.50. The van der Waals surface area contributed by atoms with Crippen molar-refractivity contribution in [3.05, 3.63) is 53.3 Å². The van der Waals surface area contributed by atoms with Gasteiger partial charge in [-0.3, -0.25) is 0 Å². The minimum Gasteiger partial charge on any atom is -0.494 e. The summed E-state index contributed by atoms with van der Waals surface area (Å²) in [6.45, 7) is 0. The molecule has 0 spiro atoms. The molecule has 114 valence electrons. The predicted molar refractivity (Wildman–Crippen MR) is 96.4 cm³/mol. The van der Waals surface area contributed by atoms with Crippen LogP contribution in [0.25, 0.3) is 10.9 Å². The third-order valence-electron chi connectivity index (χ3n) is 2.93. The lowest BCUT2D eigenvalue weighted by Gasteiger charge is -2.04. The molecule has 0 aliphatic heterocycles. The third kappa shape index (κ3) is 4.11. The van der Waals surface area contributed by atoms with Gasteiger partial charge in [0.1, 0.15) is 23.4 Å². The van der Waals surface area contributed by atoms with E-state index in [-0.39, 0.29) is 0 Å². The second-order valence-electron chi connectivity index (χ2n) is 4.27. The lowest BCUT2D eigenvalue weighted by Crippen LogP contribution is -1.94. The van der Waals surface area contributed by atoms with Gasteiger partial charge in [0.05, 0.1) is 7.11 Å². The molecule has 0 radical (unpaired) electrons. The maximum Gasteiger partial charge on any atom is 0.145 e. The second kappa shape index (κ2) is 8.00. The van der Waals surface area contributed by atoms with Crippen LogP contribution in [0.4, 0.5) is 5.82 Å². The van der Waals surface area contributed by atoms with E-state index in [0.717, 1.165) is 15.4 Å². The Balaban J connectivity index is 0.000000172. The minimum atomic E-state index is 0.476. The van der Waals surface area contributed by atoms with Crippen LogP contribution in [0, 0.1) is 0 Å². The first-order chi connectivity index (χ1) is 10.7. The van der Waals surface area contributed by atoms with Gasteiger partial charge in [0, 0.05) is 14.8 Å². The van der Waals surface area contributed by atoms with Gasteiger partial charge in [0.25, 0.3) is 0 Å². The van der Waals surface area contributed by atoms with Crippen molar-refractivity contribution in [2.24, 2.45) is 0 Å². The minimum absolute atomic E-state index is 0.476. The zero-order valence-electron chi connectivity index (χ0n) is 12.3. The fourth-order valence-corrected chi connectivity index (χ4v) is 2.49. The normalized spacial score (nSPS) is 9.95. The lowest BCUT2D eigenvalue weighted by atomic mass is 10.2. The molecule has 6 heteroatoms. The number of thioether (sulfide) groups is 1. The summed E-state index contributed by atoms with van der Waals surface area (Å²) >= 11 is 5.12. The number of fused-ring (bicyclic) bond motifs is 1. The molecule has 0 bridgehead atoms. The monoisotopic (exact) mass is 377 g/mol. The highest BCUT2D eigenvalue weighted by Crippen LogP contribution is 2.25. The maximum atomic E-state index is 5.67. The van der Waals surface area contributed by atoms with Gasteiger partial charge in [-0.25, -0.2) is 9.97 Å². The summed E-state index contributed by atoms with van der Waals surface area (Å²) in [5.41, 5.74) is 6.42. The lowest BCUT2D eigenvalue weighted by molar-refractivity contribution is 0.419. The molecular formula is C16H16BrN3OS. The van der Waals surface area contributed by atoms with E-state index in [1.165, 1.54) is 11.2 Å². The van der Waals surface area contributed by atoms with Gasteiger partial charge < -0.3 is 10.5 Å². The standard InChI is InChI=1S/C9H9N3O.C7H7BrS/c1-13-7-4-2-3-6-8(7)11-5-12-9(6)10;1-9-7-4-2-6(8)3-5-7/h2-5H,1H3,(H2,10,11,12);2-5H,1H3. The highest BCUT2D eigenvalue weighted by Gasteiger charge is 2.04. The number of benzene rings is 2. The molecule has 0 aliphatic carbocycles. The molecule has 1 heterocycles. The second-order valence-corrected chi connectivity index (χ2v) is 6.07. The Morgan fingerprint density at radius 1 is 1.09 bits per heavy atom. The Labute approximate surface area is 142 Å². The van der Waals surface area contributed by atoms with Gasteiger partial charge >= 0.3 is 0 Å². The zero-order chi connectivity index (χ0) is 15.9. The summed E-state index contributed by atoms with van der Waals surface area (Å²) in [7, 11) is 1.60. The van der Waals surface area contributed by atoms with Crippen LogP contribution in [0.15, 0.2) is 58.2 Å². The van der Waals surface area contributed by atoms with Crippen molar-refractivity contribution in [1.82, 2.24) is 9.97 Å². The molecule has 22 heavy (non-hydrogen) atoms. The number of nitrogens with zero attached hydrogens (tertiary/aromatic N) is 2. The van der Waals surface area contributed by atoms with Crippen molar-refractivity contribution in [1.29, 1.82) is 0 Å². The number of ether oxygens (including phenoxy) is 1. The average Bonchev–Trinajstić information content (AvgIpc) is 2.56. The molecule has 0 saturated carbocycles. The van der Waals surface area contributed by atoms with Gasteiger partial charge in [0.15, 0.2) is 0 Å². The molecule has 4 nitrogen and oxygen atoms in total. The van der Waals surface area contributed by atoms with E-state index < -0.39 is 0 Å². The predicted octanol–water partition coefficient (Wildman–Crippen LogP) is 4.39. The summed E-state index contributed by atoms with van der Waals surface area (Å²) in [4.78, 5) is 9.29. The molecule has 0 saturated heterocycles. The molecule has 0 atom stereocenters. The third-order valence-corrected chi connectivity index (χ3v) is 4.20. The molecular weight excluding hydrogens is 362 g/mol. The van der Waals surface area contributed by atoms with Crippen LogP contribution in [-0.2, 0) is 0 Å². The molecule has 0 unspecified atom stereocenters. The Hall–Kier alpha value is -1.79. The summed E-state index contributed by atoms with van der Waals surface area (Å²) in [5.74, 6) is 1.19. The van der Waals surface area contributed by atoms with Gasteiger partial charge in [-0.15, -0.1) is 11.8 Å². The maximum absolute atomic E-state index is 5.67. The first-order valence-corrected chi connectivity index (χ1v) is 8.50. The Morgan fingerprint density at radius 2 is 1.82 bits per heavy atom. The quantitative estimate of drug-likeness (QED) is 0.670. The highest BCUT2D eigenvalue weighted by atomic mass is 79.9. The number of anilines is 1. The molecule has 1 aromatic heterocycles. The Bertz CT molecular complexity index is 750. The molecule has 2 aromatic carbocycles. The number of nitrogen functional groups attached to an aromatic ring is 1. The fraction of sp³-hybridized carbons (Fsp3) is 0.125. The van der Waals surface area contributed by atoms with Crippen LogP contribution in [0.3, 0.4) is 0 Å². The van der Waals surface area contributed by atoms with Gasteiger partial charge in [-0.2, -0.15) is 0 Å². The van der Waals surface area contributed by atoms with E-state index >= 15 is 0 Å². The van der Waals surface area contributed by atoms with E-state index in [4.69, 9.17) is 10.5 Å². The van der Waals surface area contributed by atoms with E-state index in [0.29, 0.717) is 11.6 Å². The molecule has 2 N–H and O–H groups in total. The van der Waals surface area contributed by atoms with Crippen molar-refractivity contribution >= 4 is 44.4 Å². The van der Waals surface area contributed by atoms with Crippen LogP contribution in [0.1, 0.15) is 0 Å². The number of rotatable bonds is 2. The molecule has 0 aliphatic rings. The molecule has 3 rings (SSSR count). The topological polar surface area (TPSA) is 61.0 Å². The van der Waals surface area contributed by atoms with Crippen molar-refractivity contribution in [3.63, 3.8) is 0 Å². The van der Waals surface area contributed by atoms with Gasteiger partial charge in [0.2, 0.25) is 0 Å². The van der Waals surface area contributed by atoms with Crippen LogP contribution in [0.5, 0.6) is 5.75 Å². The smallest absolute Gasteiger partial charge is 0.145 e. The summed E-state index contributed by atoms with van der Waals surface area (Å²) in [5, 5.41) is 0.821. The van der Waals surface area contributed by atoms with E-state index in [2.05, 4.69) is 44.3 Å². The van der Waals surface area contributed by atoms with E-state index in [1.807, 2.05) is 30.3 Å². The summed E-state index contributed by atoms with van der Waals surface area (Å²) in [6, 6.07) is 13.9. The van der Waals surface area contributed by atoms with Crippen LogP contribution < -0.4 is 10.5 Å². The molecule has 0 fully saturated rings. The summed E-state index contributed by atoms with van der Waals surface area (Å²) < 4.78 is 6.28. The number of aromatic nitrogens is 2. The average molecular weight is 378 g/mol. The van der Waals surface area contributed by atoms with E-state index in [1.54, 1.807) is 18.9 Å². The first kappa shape index (κ1) is 16.6. The first-order valence-electron chi connectivity index (χ1n) is 6.48. The Morgan fingerprint density at radius 3 is 2.45 bits per heavy atom. The number of hydrogen-bond acceptors (Lipinski definition) is 5. The molecule has 0 amide bonds. The number of methoxy groups -OCH3 is 1. The van der Waals surface area contributed by atoms with Crippen LogP contribution in [-0.4, -0.2) is 23.3 Å². The van der Waals surface area contributed by atoms with Gasteiger partial charge in [-0.1, -0.05) is 22.0 Å². The van der Waals surface area contributed by atoms with Crippen LogP contribution >= 0.6 is 27.7 Å². The van der Waals surface area contributed by atoms with E-state index in [9.17, 15) is 0 Å². The number of nitrogens with two attached hydrogens (primary N) is 1. The zero-order valence-corrected chi connectivity index (χ0v) is 14.7. The number of halogens is 1.